The SMILES string of the molecule is C[C@@H](OC(=O)CCSc1ccc(Cl)cc1)C(=O)N(C)[C@H]1CCS(=O)(=O)C1. The van der Waals surface area contributed by atoms with Gasteiger partial charge >= 0.3 is 5.97 Å². The minimum absolute atomic E-state index is 0.0341. The Morgan fingerprint density at radius 2 is 2.00 bits per heavy atom. The minimum Gasteiger partial charge on any atom is -0.453 e. The van der Waals surface area contributed by atoms with Gasteiger partial charge in [-0.3, -0.25) is 9.59 Å². The van der Waals surface area contributed by atoms with Crippen LogP contribution in [0.15, 0.2) is 29.2 Å². The van der Waals surface area contributed by atoms with E-state index in [0.717, 1.165) is 4.90 Å². The molecule has 0 bridgehead atoms. The van der Waals surface area contributed by atoms with Crippen LogP contribution in [0, 0.1) is 0 Å². The summed E-state index contributed by atoms with van der Waals surface area (Å²) in [7, 11) is -1.53. The molecule has 1 fully saturated rings. The lowest BCUT2D eigenvalue weighted by molar-refractivity contribution is -0.158. The Hall–Kier alpha value is -1.25. The molecular formula is C17H22ClNO5S2. The highest BCUT2D eigenvalue weighted by Gasteiger charge is 2.34. The van der Waals surface area contributed by atoms with Gasteiger partial charge in [0.05, 0.1) is 17.9 Å². The predicted octanol–water partition coefficient (Wildman–Crippen LogP) is 2.40. The molecule has 144 valence electrons. The number of hydrogen-bond acceptors (Lipinski definition) is 6. The number of halogens is 1. The lowest BCUT2D eigenvalue weighted by Crippen LogP contribution is -2.44. The molecule has 26 heavy (non-hydrogen) atoms. The first-order valence-electron chi connectivity index (χ1n) is 8.23. The highest BCUT2D eigenvalue weighted by molar-refractivity contribution is 7.99. The van der Waals surface area contributed by atoms with E-state index in [-0.39, 0.29) is 29.9 Å². The van der Waals surface area contributed by atoms with E-state index in [1.807, 2.05) is 12.1 Å². The maximum Gasteiger partial charge on any atom is 0.307 e. The summed E-state index contributed by atoms with van der Waals surface area (Å²) in [6, 6.07) is 6.95. The number of thioether (sulfide) groups is 1. The van der Waals surface area contributed by atoms with Crippen molar-refractivity contribution >= 4 is 45.1 Å². The van der Waals surface area contributed by atoms with Crippen LogP contribution >= 0.6 is 23.4 Å². The number of rotatable bonds is 7. The molecule has 0 radical (unpaired) electrons. The number of benzene rings is 1. The molecule has 1 aromatic carbocycles. The van der Waals surface area contributed by atoms with Crippen molar-refractivity contribution in [3.05, 3.63) is 29.3 Å². The van der Waals surface area contributed by atoms with E-state index in [1.54, 1.807) is 19.2 Å². The Balaban J connectivity index is 1.75. The number of sulfone groups is 1. The van der Waals surface area contributed by atoms with Crippen molar-refractivity contribution in [1.29, 1.82) is 0 Å². The normalized spacial score (nSPS) is 19.7. The van der Waals surface area contributed by atoms with Crippen LogP contribution in [-0.2, 0) is 24.2 Å². The molecule has 1 saturated heterocycles. The van der Waals surface area contributed by atoms with E-state index in [9.17, 15) is 18.0 Å². The first-order valence-corrected chi connectivity index (χ1v) is 11.4. The van der Waals surface area contributed by atoms with Crippen LogP contribution in [0.5, 0.6) is 0 Å². The number of carbonyl (C=O) groups excluding carboxylic acids is 2. The number of amides is 1. The molecule has 1 aliphatic heterocycles. The lowest BCUT2D eigenvalue weighted by atomic mass is 10.2. The maximum atomic E-state index is 12.3. The second-order valence-electron chi connectivity index (χ2n) is 6.19. The predicted molar refractivity (Wildman–Crippen MR) is 102 cm³/mol. The Morgan fingerprint density at radius 1 is 1.35 bits per heavy atom. The van der Waals surface area contributed by atoms with Gasteiger partial charge in [0.25, 0.3) is 5.91 Å². The number of hydrogen-bond donors (Lipinski definition) is 0. The van der Waals surface area contributed by atoms with Crippen LogP contribution in [0.25, 0.3) is 0 Å². The zero-order chi connectivity index (χ0) is 19.3. The third kappa shape index (κ3) is 6.17. The van der Waals surface area contributed by atoms with Gasteiger partial charge in [0.1, 0.15) is 0 Å². The molecule has 0 spiro atoms. The largest absolute Gasteiger partial charge is 0.453 e. The first kappa shape index (κ1) is 21.1. The van der Waals surface area contributed by atoms with Crippen LogP contribution in [0.2, 0.25) is 5.02 Å². The average Bonchev–Trinajstić information content (AvgIpc) is 2.95. The summed E-state index contributed by atoms with van der Waals surface area (Å²) in [6.07, 6.45) is -0.341. The molecule has 0 aliphatic carbocycles. The standard InChI is InChI=1S/C17H22ClNO5S2/c1-12(17(21)19(2)14-8-10-26(22,23)11-14)24-16(20)7-9-25-15-5-3-13(18)4-6-15/h3-6,12,14H,7-11H2,1-2H3/t12-,14+/m1/s1. The second-order valence-corrected chi connectivity index (χ2v) is 10.0. The molecule has 2 atom stereocenters. The maximum absolute atomic E-state index is 12.3. The smallest absolute Gasteiger partial charge is 0.307 e. The molecule has 2 rings (SSSR count). The third-order valence-electron chi connectivity index (χ3n) is 4.15. The van der Waals surface area contributed by atoms with E-state index in [1.165, 1.54) is 23.6 Å². The zero-order valence-corrected chi connectivity index (χ0v) is 17.1. The van der Waals surface area contributed by atoms with E-state index in [2.05, 4.69) is 0 Å². The van der Waals surface area contributed by atoms with Gasteiger partial charge in [-0.25, -0.2) is 8.42 Å². The van der Waals surface area contributed by atoms with Crippen molar-refractivity contribution in [3.8, 4) is 0 Å². The summed E-state index contributed by atoms with van der Waals surface area (Å²) < 4.78 is 28.3. The van der Waals surface area contributed by atoms with Crippen molar-refractivity contribution < 1.29 is 22.7 Å². The Kier molecular flexibility index (Phi) is 7.37. The van der Waals surface area contributed by atoms with Crippen LogP contribution in [0.4, 0.5) is 0 Å². The minimum atomic E-state index is -3.08. The van der Waals surface area contributed by atoms with E-state index in [4.69, 9.17) is 16.3 Å². The Bertz CT molecular complexity index is 751. The molecule has 0 N–H and O–H groups in total. The summed E-state index contributed by atoms with van der Waals surface area (Å²) >= 11 is 7.32. The fraction of sp³-hybridized carbons (Fsp3) is 0.529. The highest BCUT2D eigenvalue weighted by atomic mass is 35.5. The van der Waals surface area contributed by atoms with Gasteiger partial charge in [-0.05, 0) is 37.6 Å². The quantitative estimate of drug-likeness (QED) is 0.498. The monoisotopic (exact) mass is 419 g/mol. The fourth-order valence-electron chi connectivity index (χ4n) is 2.64. The van der Waals surface area contributed by atoms with Gasteiger partial charge in [0.15, 0.2) is 15.9 Å². The first-order chi connectivity index (χ1) is 12.2. The molecule has 0 saturated carbocycles. The molecule has 1 aliphatic rings. The molecular weight excluding hydrogens is 398 g/mol. The summed E-state index contributed by atoms with van der Waals surface area (Å²) in [4.78, 5) is 26.6. The molecule has 1 aromatic rings. The van der Waals surface area contributed by atoms with Gasteiger partial charge in [-0.2, -0.15) is 0 Å². The number of carbonyl (C=O) groups is 2. The molecule has 0 unspecified atom stereocenters. The summed E-state index contributed by atoms with van der Waals surface area (Å²) in [5.74, 6) is -0.262. The summed E-state index contributed by atoms with van der Waals surface area (Å²) in [5.41, 5.74) is 0. The summed E-state index contributed by atoms with van der Waals surface area (Å²) in [6.45, 7) is 1.51. The van der Waals surface area contributed by atoms with Gasteiger partial charge in [-0.1, -0.05) is 11.6 Å². The summed E-state index contributed by atoms with van der Waals surface area (Å²) in [5, 5.41) is 0.653. The van der Waals surface area contributed by atoms with Crippen molar-refractivity contribution in [3.63, 3.8) is 0 Å². The van der Waals surface area contributed by atoms with E-state index >= 15 is 0 Å². The number of esters is 1. The molecule has 9 heteroatoms. The topological polar surface area (TPSA) is 80.8 Å². The zero-order valence-electron chi connectivity index (χ0n) is 14.7. The molecule has 0 aromatic heterocycles. The lowest BCUT2D eigenvalue weighted by Gasteiger charge is -2.26. The number of likely N-dealkylation sites (N-methyl/N-ethyl adjacent to an activating group) is 1. The second kappa shape index (κ2) is 9.10. The molecule has 6 nitrogen and oxygen atoms in total. The average molecular weight is 420 g/mol. The van der Waals surface area contributed by atoms with Gasteiger partial charge < -0.3 is 9.64 Å². The molecule has 1 amide bonds. The fourth-order valence-corrected chi connectivity index (χ4v) is 5.37. The third-order valence-corrected chi connectivity index (χ3v) is 7.16. The van der Waals surface area contributed by atoms with Crippen molar-refractivity contribution in [2.75, 3.05) is 24.3 Å². The highest BCUT2D eigenvalue weighted by Crippen LogP contribution is 2.21. The Labute approximate surface area is 163 Å². The van der Waals surface area contributed by atoms with Crippen LogP contribution < -0.4 is 0 Å². The number of ether oxygens (including phenoxy) is 1. The van der Waals surface area contributed by atoms with Gasteiger partial charge in [0.2, 0.25) is 0 Å². The van der Waals surface area contributed by atoms with Gasteiger partial charge in [0, 0.05) is 28.8 Å². The van der Waals surface area contributed by atoms with Gasteiger partial charge in [-0.15, -0.1) is 11.8 Å². The van der Waals surface area contributed by atoms with E-state index < -0.39 is 21.9 Å². The van der Waals surface area contributed by atoms with E-state index in [0.29, 0.717) is 17.2 Å². The van der Waals surface area contributed by atoms with Crippen molar-refractivity contribution in [2.45, 2.75) is 36.8 Å². The van der Waals surface area contributed by atoms with Crippen LogP contribution in [0.3, 0.4) is 0 Å². The Morgan fingerprint density at radius 3 is 2.58 bits per heavy atom. The van der Waals surface area contributed by atoms with Crippen LogP contribution in [-0.4, -0.2) is 61.6 Å². The van der Waals surface area contributed by atoms with Crippen LogP contribution in [0.1, 0.15) is 19.8 Å². The molecule has 1 heterocycles. The van der Waals surface area contributed by atoms with Crippen molar-refractivity contribution in [1.82, 2.24) is 4.90 Å². The number of nitrogens with zero attached hydrogens (tertiary/aromatic N) is 1. The van der Waals surface area contributed by atoms with Crippen molar-refractivity contribution in [2.24, 2.45) is 0 Å².